The monoisotopic (exact) mass is 336 g/mol. The topological polar surface area (TPSA) is 91.8 Å². The van der Waals surface area contributed by atoms with Crippen LogP contribution in [0, 0.1) is 11.3 Å². The minimum absolute atomic E-state index is 0.00978. The second-order valence-corrected chi connectivity index (χ2v) is 6.94. The molecule has 0 spiro atoms. The number of hydrogen-bond acceptors (Lipinski definition) is 4. The van der Waals surface area contributed by atoms with Crippen LogP contribution in [-0.2, 0) is 0 Å². The molecule has 1 saturated carbocycles. The lowest BCUT2D eigenvalue weighted by molar-refractivity contribution is 0.467. The van der Waals surface area contributed by atoms with Gasteiger partial charge in [0.2, 0.25) is 0 Å². The van der Waals surface area contributed by atoms with Gasteiger partial charge in [-0.2, -0.15) is 10.4 Å². The molecular weight excluding hydrogens is 316 g/mol. The van der Waals surface area contributed by atoms with Gasteiger partial charge < -0.3 is 0 Å². The SMILES string of the molecule is CC(C)c1c(-c2cnn(C3CCCC3)c2)nc2c(C#N)c[nH]n2c1=O. The summed E-state index contributed by atoms with van der Waals surface area (Å²) in [5.41, 5.74) is 2.65. The molecule has 3 aromatic heterocycles. The van der Waals surface area contributed by atoms with E-state index >= 15 is 0 Å². The van der Waals surface area contributed by atoms with E-state index in [2.05, 4.69) is 21.3 Å². The molecule has 0 amide bonds. The van der Waals surface area contributed by atoms with Gasteiger partial charge in [0.25, 0.3) is 5.56 Å². The zero-order valence-corrected chi connectivity index (χ0v) is 14.4. The normalized spacial score (nSPS) is 15.3. The highest BCUT2D eigenvalue weighted by Gasteiger charge is 2.22. The first-order chi connectivity index (χ1) is 12.1. The number of aromatic amines is 1. The lowest BCUT2D eigenvalue weighted by Crippen LogP contribution is -2.22. The maximum atomic E-state index is 12.9. The minimum Gasteiger partial charge on any atom is -0.295 e. The molecule has 3 heterocycles. The van der Waals surface area contributed by atoms with Crippen LogP contribution in [-0.4, -0.2) is 24.4 Å². The Morgan fingerprint density at radius 1 is 1.36 bits per heavy atom. The molecule has 3 aromatic rings. The van der Waals surface area contributed by atoms with Crippen LogP contribution in [0.1, 0.15) is 62.6 Å². The van der Waals surface area contributed by atoms with Gasteiger partial charge in [-0.25, -0.2) is 9.50 Å². The van der Waals surface area contributed by atoms with Crippen LogP contribution in [0.25, 0.3) is 16.9 Å². The number of fused-ring (bicyclic) bond motifs is 1. The van der Waals surface area contributed by atoms with Gasteiger partial charge in [-0.15, -0.1) is 0 Å². The third-order valence-electron chi connectivity index (χ3n) is 4.97. The van der Waals surface area contributed by atoms with Gasteiger partial charge in [0.1, 0.15) is 11.6 Å². The molecule has 0 saturated heterocycles. The highest BCUT2D eigenvalue weighted by molar-refractivity contribution is 5.67. The highest BCUT2D eigenvalue weighted by atomic mass is 16.1. The largest absolute Gasteiger partial charge is 0.295 e. The fourth-order valence-corrected chi connectivity index (χ4v) is 3.68. The zero-order valence-electron chi connectivity index (χ0n) is 14.4. The van der Waals surface area contributed by atoms with E-state index in [0.29, 0.717) is 28.5 Å². The fourth-order valence-electron chi connectivity index (χ4n) is 3.68. The number of nitriles is 1. The van der Waals surface area contributed by atoms with Gasteiger partial charge >= 0.3 is 0 Å². The summed E-state index contributed by atoms with van der Waals surface area (Å²) in [6.45, 7) is 3.95. The van der Waals surface area contributed by atoms with E-state index in [-0.39, 0.29) is 11.5 Å². The lowest BCUT2D eigenvalue weighted by atomic mass is 10.00. The third-order valence-corrected chi connectivity index (χ3v) is 4.97. The summed E-state index contributed by atoms with van der Waals surface area (Å²) < 4.78 is 3.34. The van der Waals surface area contributed by atoms with Crippen molar-refractivity contribution in [3.05, 3.63) is 40.1 Å². The Kier molecular flexibility index (Phi) is 3.68. The molecule has 0 unspecified atom stereocenters. The smallest absolute Gasteiger partial charge is 0.276 e. The molecule has 1 aliphatic rings. The van der Waals surface area contributed by atoms with Gasteiger partial charge in [0.15, 0.2) is 5.65 Å². The van der Waals surface area contributed by atoms with Crippen molar-refractivity contribution in [1.29, 1.82) is 5.26 Å². The van der Waals surface area contributed by atoms with E-state index in [1.54, 1.807) is 6.20 Å². The van der Waals surface area contributed by atoms with Crippen molar-refractivity contribution in [2.75, 3.05) is 0 Å². The molecule has 1 fully saturated rings. The first-order valence-electron chi connectivity index (χ1n) is 8.68. The first kappa shape index (κ1) is 15.6. The van der Waals surface area contributed by atoms with Crippen LogP contribution in [0.15, 0.2) is 23.4 Å². The van der Waals surface area contributed by atoms with Crippen molar-refractivity contribution in [2.24, 2.45) is 0 Å². The molecule has 0 aromatic carbocycles. The second kappa shape index (κ2) is 5.88. The van der Waals surface area contributed by atoms with Gasteiger partial charge in [-0.05, 0) is 18.8 Å². The van der Waals surface area contributed by atoms with Gasteiger partial charge in [0, 0.05) is 23.5 Å². The number of nitrogens with zero attached hydrogens (tertiary/aromatic N) is 5. The average Bonchev–Trinajstić information content (AvgIpc) is 3.33. The van der Waals surface area contributed by atoms with E-state index in [0.717, 1.165) is 18.4 Å². The Labute approximate surface area is 144 Å². The van der Waals surface area contributed by atoms with Crippen LogP contribution in [0.3, 0.4) is 0 Å². The molecule has 0 bridgehead atoms. The predicted octanol–water partition coefficient (Wildman–Crippen LogP) is 3.00. The standard InChI is InChI=1S/C18H20N6O/c1-11(2)15-16(13-9-20-23(10-13)14-5-3-4-6-14)22-17-12(7-19)8-21-24(17)18(15)25/h8-11,14,21H,3-6H2,1-2H3. The van der Waals surface area contributed by atoms with Crippen molar-refractivity contribution in [3.63, 3.8) is 0 Å². The maximum absolute atomic E-state index is 12.9. The molecule has 0 aliphatic heterocycles. The first-order valence-corrected chi connectivity index (χ1v) is 8.68. The molecule has 0 radical (unpaired) electrons. The zero-order chi connectivity index (χ0) is 17.6. The summed E-state index contributed by atoms with van der Waals surface area (Å²) in [6, 6.07) is 2.51. The van der Waals surface area contributed by atoms with E-state index in [9.17, 15) is 10.1 Å². The number of H-pyrrole nitrogens is 1. The summed E-state index contributed by atoms with van der Waals surface area (Å²) in [5.74, 6) is 0.00978. The lowest BCUT2D eigenvalue weighted by Gasteiger charge is -2.11. The summed E-state index contributed by atoms with van der Waals surface area (Å²) in [7, 11) is 0. The van der Waals surface area contributed by atoms with Crippen molar-refractivity contribution >= 4 is 5.65 Å². The minimum atomic E-state index is -0.162. The molecule has 25 heavy (non-hydrogen) atoms. The van der Waals surface area contributed by atoms with Crippen molar-refractivity contribution < 1.29 is 0 Å². The Bertz CT molecular complexity index is 1030. The maximum Gasteiger partial charge on any atom is 0.276 e. The van der Waals surface area contributed by atoms with E-state index < -0.39 is 0 Å². The molecular formula is C18H20N6O. The third kappa shape index (κ3) is 2.45. The van der Waals surface area contributed by atoms with Gasteiger partial charge in [0.05, 0.1) is 17.9 Å². The van der Waals surface area contributed by atoms with Crippen molar-refractivity contribution in [3.8, 4) is 17.3 Å². The Morgan fingerprint density at radius 2 is 2.12 bits per heavy atom. The van der Waals surface area contributed by atoms with E-state index in [1.165, 1.54) is 23.6 Å². The van der Waals surface area contributed by atoms with Crippen LogP contribution >= 0.6 is 0 Å². The van der Waals surface area contributed by atoms with Crippen LogP contribution in [0.2, 0.25) is 0 Å². The number of rotatable bonds is 3. The fraction of sp³-hybridized carbons (Fsp3) is 0.444. The molecule has 4 rings (SSSR count). The summed E-state index contributed by atoms with van der Waals surface area (Å²) in [5, 5.41) is 16.6. The summed E-state index contributed by atoms with van der Waals surface area (Å²) in [6.07, 6.45) is 10.0. The summed E-state index contributed by atoms with van der Waals surface area (Å²) >= 11 is 0. The quantitative estimate of drug-likeness (QED) is 0.796. The van der Waals surface area contributed by atoms with E-state index in [4.69, 9.17) is 0 Å². The number of aromatic nitrogens is 5. The molecule has 7 nitrogen and oxygen atoms in total. The Hall–Kier alpha value is -2.88. The molecule has 1 N–H and O–H groups in total. The van der Waals surface area contributed by atoms with Crippen LogP contribution in [0.4, 0.5) is 0 Å². The van der Waals surface area contributed by atoms with E-state index in [1.807, 2.05) is 24.7 Å². The van der Waals surface area contributed by atoms with Gasteiger partial charge in [-0.1, -0.05) is 26.7 Å². The van der Waals surface area contributed by atoms with Crippen LogP contribution in [0.5, 0.6) is 0 Å². The molecule has 7 heteroatoms. The van der Waals surface area contributed by atoms with Crippen LogP contribution < -0.4 is 5.56 Å². The Balaban J connectivity index is 1.92. The van der Waals surface area contributed by atoms with Crippen molar-refractivity contribution in [1.82, 2.24) is 24.4 Å². The van der Waals surface area contributed by atoms with Gasteiger partial charge in [-0.3, -0.25) is 14.6 Å². The van der Waals surface area contributed by atoms with Crippen molar-refractivity contribution in [2.45, 2.75) is 51.5 Å². The molecule has 128 valence electrons. The second-order valence-electron chi connectivity index (χ2n) is 6.94. The average molecular weight is 336 g/mol. The Morgan fingerprint density at radius 3 is 2.80 bits per heavy atom. The number of hydrogen-bond donors (Lipinski definition) is 1. The summed E-state index contributed by atoms with van der Waals surface area (Å²) in [4.78, 5) is 17.6. The molecule has 0 atom stereocenters. The highest BCUT2D eigenvalue weighted by Crippen LogP contribution is 2.31. The predicted molar refractivity (Wildman–Crippen MR) is 93.3 cm³/mol. The molecule has 1 aliphatic carbocycles. The number of nitrogens with one attached hydrogen (secondary N) is 1.